The summed E-state index contributed by atoms with van der Waals surface area (Å²) in [7, 11) is 0. The third-order valence-corrected chi connectivity index (χ3v) is 3.02. The molecule has 6 nitrogen and oxygen atoms in total. The van der Waals surface area contributed by atoms with E-state index in [4.69, 9.17) is 0 Å². The maximum absolute atomic E-state index is 11.7. The molecule has 0 radical (unpaired) electrons. The molecule has 1 aliphatic carbocycles. The number of hydrogen-bond donors (Lipinski definition) is 0. The Morgan fingerprint density at radius 3 is 3.00 bits per heavy atom. The van der Waals surface area contributed by atoms with Crippen LogP contribution in [0.4, 0.5) is 0 Å². The van der Waals surface area contributed by atoms with Gasteiger partial charge in [0.2, 0.25) is 11.6 Å². The molecule has 1 atom stereocenters. The second kappa shape index (κ2) is 2.24. The van der Waals surface area contributed by atoms with Crippen LogP contribution in [0.25, 0.3) is 11.0 Å². The molecule has 0 spiro atoms. The largest absolute Gasteiger partial charge is 0.289 e. The summed E-state index contributed by atoms with van der Waals surface area (Å²) in [6.45, 7) is 0. The molecular weight excluding hydrogens is 208 g/mol. The van der Waals surface area contributed by atoms with Crippen LogP contribution in [-0.2, 0) is 4.79 Å². The van der Waals surface area contributed by atoms with Crippen LogP contribution >= 0.6 is 0 Å². The standard InChI is InChI=1S/C10H4N4O2/c15-9-4-1-2-6-8-7(4)5(10(9)16)3-11-14(8)13-12-6/h1-3,5H. The van der Waals surface area contributed by atoms with Crippen LogP contribution in [0.5, 0.6) is 0 Å². The molecule has 0 fully saturated rings. The molecule has 1 aromatic heterocycles. The van der Waals surface area contributed by atoms with Crippen LogP contribution in [0.1, 0.15) is 21.8 Å². The van der Waals surface area contributed by atoms with Gasteiger partial charge >= 0.3 is 0 Å². The predicted molar refractivity (Wildman–Crippen MR) is 53.5 cm³/mol. The molecule has 1 unspecified atom stereocenters. The highest BCUT2D eigenvalue weighted by Crippen LogP contribution is 2.36. The molecule has 1 aromatic carbocycles. The summed E-state index contributed by atoms with van der Waals surface area (Å²) in [6, 6.07) is 3.32. The number of ketones is 2. The quantitative estimate of drug-likeness (QED) is 0.581. The molecule has 0 amide bonds. The first-order valence-electron chi connectivity index (χ1n) is 4.79. The zero-order valence-electron chi connectivity index (χ0n) is 7.91. The zero-order chi connectivity index (χ0) is 10.9. The van der Waals surface area contributed by atoms with E-state index >= 15 is 0 Å². The lowest BCUT2D eigenvalue weighted by molar-refractivity contribution is -0.114. The van der Waals surface area contributed by atoms with Crippen LogP contribution in [0.3, 0.4) is 0 Å². The Bertz CT molecular complexity index is 713. The van der Waals surface area contributed by atoms with Crippen LogP contribution < -0.4 is 0 Å². The number of nitrogens with zero attached hydrogens (tertiary/aromatic N) is 4. The van der Waals surface area contributed by atoms with Gasteiger partial charge in [0.05, 0.1) is 5.92 Å². The van der Waals surface area contributed by atoms with E-state index < -0.39 is 17.5 Å². The Balaban J connectivity index is 2.28. The third-order valence-electron chi connectivity index (χ3n) is 3.02. The molecule has 4 rings (SSSR count). The summed E-state index contributed by atoms with van der Waals surface area (Å²) in [5, 5.41) is 11.7. The van der Waals surface area contributed by atoms with Gasteiger partial charge in [-0.2, -0.15) is 5.10 Å². The van der Waals surface area contributed by atoms with E-state index in [0.29, 0.717) is 22.2 Å². The summed E-state index contributed by atoms with van der Waals surface area (Å²) in [4.78, 5) is 24.7. The van der Waals surface area contributed by atoms with E-state index in [1.807, 2.05) is 0 Å². The van der Waals surface area contributed by atoms with Crippen molar-refractivity contribution in [3.8, 4) is 0 Å². The van der Waals surface area contributed by atoms with Crippen molar-refractivity contribution in [2.75, 3.05) is 0 Å². The zero-order valence-corrected chi connectivity index (χ0v) is 7.91. The van der Waals surface area contributed by atoms with Gasteiger partial charge in [-0.25, -0.2) is 0 Å². The minimum absolute atomic E-state index is 0.418. The monoisotopic (exact) mass is 212 g/mol. The van der Waals surface area contributed by atoms with Crippen molar-refractivity contribution in [2.24, 2.45) is 5.10 Å². The van der Waals surface area contributed by atoms with Gasteiger partial charge in [-0.05, 0) is 17.3 Å². The van der Waals surface area contributed by atoms with Crippen molar-refractivity contribution < 1.29 is 9.59 Å². The summed E-state index contributed by atoms with van der Waals surface area (Å²) in [6.07, 6.45) is 1.45. The molecule has 0 N–H and O–H groups in total. The maximum Gasteiger partial charge on any atom is 0.230 e. The van der Waals surface area contributed by atoms with Crippen molar-refractivity contribution in [1.29, 1.82) is 0 Å². The molecule has 6 heteroatoms. The number of rotatable bonds is 0. The first-order chi connectivity index (χ1) is 7.77. The van der Waals surface area contributed by atoms with Crippen molar-refractivity contribution >= 4 is 28.8 Å². The van der Waals surface area contributed by atoms with E-state index in [0.717, 1.165) is 0 Å². The fraction of sp³-hybridized carbons (Fsp3) is 0.100. The fourth-order valence-corrected chi connectivity index (χ4v) is 2.29. The highest BCUT2D eigenvalue weighted by atomic mass is 16.2. The third kappa shape index (κ3) is 0.660. The summed E-state index contributed by atoms with van der Waals surface area (Å²) in [5.41, 5.74) is 2.48. The lowest BCUT2D eigenvalue weighted by Gasteiger charge is -2.09. The van der Waals surface area contributed by atoms with Gasteiger partial charge in [0.1, 0.15) is 11.0 Å². The average Bonchev–Trinajstić information content (AvgIpc) is 2.82. The summed E-state index contributed by atoms with van der Waals surface area (Å²) in [5.74, 6) is -1.40. The first-order valence-corrected chi connectivity index (χ1v) is 4.79. The Kier molecular flexibility index (Phi) is 1.10. The van der Waals surface area contributed by atoms with Gasteiger partial charge in [0.25, 0.3) is 0 Å². The smallest absolute Gasteiger partial charge is 0.230 e. The number of aromatic nitrogens is 3. The lowest BCUT2D eigenvalue weighted by atomic mass is 10.00. The minimum Gasteiger partial charge on any atom is -0.289 e. The van der Waals surface area contributed by atoms with E-state index in [-0.39, 0.29) is 0 Å². The number of carbonyl (C=O) groups excluding carboxylic acids is 2. The van der Waals surface area contributed by atoms with E-state index in [1.165, 1.54) is 11.0 Å². The second-order valence-corrected chi connectivity index (χ2v) is 3.81. The minimum atomic E-state index is -0.544. The molecule has 1 aliphatic heterocycles. The number of benzene rings is 1. The molecule has 2 aromatic rings. The molecule has 2 heterocycles. The topological polar surface area (TPSA) is 77.2 Å². The van der Waals surface area contributed by atoms with Crippen molar-refractivity contribution in [2.45, 2.75) is 5.92 Å². The maximum atomic E-state index is 11.7. The Morgan fingerprint density at radius 1 is 1.25 bits per heavy atom. The average molecular weight is 212 g/mol. The van der Waals surface area contributed by atoms with Gasteiger partial charge in [-0.1, -0.05) is 0 Å². The fourth-order valence-electron chi connectivity index (χ4n) is 2.29. The molecule has 0 saturated heterocycles. The van der Waals surface area contributed by atoms with Crippen molar-refractivity contribution in [3.05, 3.63) is 23.3 Å². The molecule has 16 heavy (non-hydrogen) atoms. The van der Waals surface area contributed by atoms with Crippen LogP contribution in [0.2, 0.25) is 0 Å². The first kappa shape index (κ1) is 7.86. The van der Waals surface area contributed by atoms with Crippen LogP contribution in [0.15, 0.2) is 17.2 Å². The highest BCUT2D eigenvalue weighted by Gasteiger charge is 2.41. The van der Waals surface area contributed by atoms with Gasteiger partial charge in [-0.15, -0.1) is 9.89 Å². The molecule has 0 saturated carbocycles. The Morgan fingerprint density at radius 2 is 2.12 bits per heavy atom. The Hall–Kier alpha value is -2.37. The summed E-state index contributed by atoms with van der Waals surface area (Å²) < 4.78 is 0. The second-order valence-electron chi connectivity index (χ2n) is 3.81. The predicted octanol–water partition coefficient (Wildman–Crippen LogP) is 0.128. The van der Waals surface area contributed by atoms with E-state index in [2.05, 4.69) is 15.4 Å². The summed E-state index contributed by atoms with van der Waals surface area (Å²) >= 11 is 0. The van der Waals surface area contributed by atoms with Crippen molar-refractivity contribution in [1.82, 2.24) is 15.1 Å². The Labute approximate surface area is 88.5 Å². The SMILES string of the molecule is O=C1C(=O)C2C=Nn3nnc4ccc1c2c43. The lowest BCUT2D eigenvalue weighted by Crippen LogP contribution is -2.16. The number of hydrogen-bond acceptors (Lipinski definition) is 5. The van der Waals surface area contributed by atoms with Gasteiger partial charge in [0, 0.05) is 17.3 Å². The number of carbonyl (C=O) groups is 2. The van der Waals surface area contributed by atoms with Crippen LogP contribution in [0, 0.1) is 0 Å². The van der Waals surface area contributed by atoms with Gasteiger partial charge in [-0.3, -0.25) is 9.59 Å². The molecule has 2 aliphatic rings. The van der Waals surface area contributed by atoms with Gasteiger partial charge < -0.3 is 0 Å². The molecule has 0 bridgehead atoms. The highest BCUT2D eigenvalue weighted by molar-refractivity contribution is 6.52. The normalized spacial score (nSPS) is 21.1. The van der Waals surface area contributed by atoms with Crippen molar-refractivity contribution in [3.63, 3.8) is 0 Å². The molecular formula is C10H4N4O2. The van der Waals surface area contributed by atoms with Crippen LogP contribution in [-0.4, -0.2) is 32.9 Å². The van der Waals surface area contributed by atoms with E-state index in [1.54, 1.807) is 12.1 Å². The van der Waals surface area contributed by atoms with Gasteiger partial charge in [0.15, 0.2) is 0 Å². The number of Topliss-reactive ketones (excluding diaryl/α,β-unsaturated/α-hetero) is 2. The van der Waals surface area contributed by atoms with E-state index in [9.17, 15) is 9.59 Å². The molecule has 76 valence electrons.